The number of hydrogen-bond acceptors (Lipinski definition) is 7. The predicted molar refractivity (Wildman–Crippen MR) is 137 cm³/mol. The topological polar surface area (TPSA) is 124 Å². The molecular weight excluding hydrogens is 478 g/mol. The van der Waals surface area contributed by atoms with Crippen molar-refractivity contribution in [1.29, 1.82) is 0 Å². The molecule has 0 aromatic rings. The van der Waals surface area contributed by atoms with Crippen LogP contribution in [0.15, 0.2) is 36.0 Å². The molecule has 9 heteroatoms. The summed E-state index contributed by atoms with van der Waals surface area (Å²) >= 11 is 0. The molecule has 3 heterocycles. The number of nitrogens with one attached hydrogen (secondary N) is 1. The molecule has 0 aromatic heterocycles. The van der Waals surface area contributed by atoms with Gasteiger partial charge in [0.1, 0.15) is 6.10 Å². The molecule has 0 saturated carbocycles. The van der Waals surface area contributed by atoms with Crippen molar-refractivity contribution in [2.75, 3.05) is 6.61 Å². The third-order valence-corrected chi connectivity index (χ3v) is 7.16. The van der Waals surface area contributed by atoms with Crippen molar-refractivity contribution in [3.8, 4) is 0 Å². The number of carbonyl (C=O) groups excluding carboxylic acids is 2. The second-order valence-electron chi connectivity index (χ2n) is 10.7. The van der Waals surface area contributed by atoms with E-state index >= 15 is 0 Å². The van der Waals surface area contributed by atoms with Crippen LogP contribution in [-0.4, -0.2) is 71.7 Å². The van der Waals surface area contributed by atoms with Gasteiger partial charge in [0.15, 0.2) is 0 Å². The molecule has 0 aliphatic carbocycles. The monoisotopic (exact) mass is 519 g/mol. The molecule has 3 aliphatic heterocycles. The summed E-state index contributed by atoms with van der Waals surface area (Å²) in [6.45, 7) is 9.83. The van der Waals surface area contributed by atoms with Gasteiger partial charge in [-0.25, -0.2) is 0 Å². The second kappa shape index (κ2) is 12.8. The van der Waals surface area contributed by atoms with Crippen LogP contribution in [0, 0.1) is 5.92 Å². The Kier molecular flexibility index (Phi) is 10.1. The van der Waals surface area contributed by atoms with Crippen molar-refractivity contribution in [2.24, 2.45) is 5.92 Å². The summed E-state index contributed by atoms with van der Waals surface area (Å²) in [6, 6.07) is -0.100. The summed E-state index contributed by atoms with van der Waals surface area (Å²) in [4.78, 5) is 34.4. The third kappa shape index (κ3) is 9.39. The highest BCUT2D eigenvalue weighted by Crippen LogP contribution is 2.43. The number of esters is 1. The lowest BCUT2D eigenvalue weighted by atomic mass is 9.88. The van der Waals surface area contributed by atoms with E-state index in [9.17, 15) is 14.4 Å². The molecule has 1 amide bonds. The molecule has 206 valence electrons. The van der Waals surface area contributed by atoms with E-state index in [1.165, 1.54) is 13.0 Å². The number of rotatable bonds is 10. The van der Waals surface area contributed by atoms with Crippen LogP contribution in [-0.2, 0) is 33.3 Å². The molecule has 3 saturated heterocycles. The molecule has 9 nitrogen and oxygen atoms in total. The van der Waals surface area contributed by atoms with Gasteiger partial charge in [0, 0.05) is 25.8 Å². The number of carbonyl (C=O) groups is 3. The number of amides is 1. The van der Waals surface area contributed by atoms with E-state index in [0.29, 0.717) is 13.0 Å². The molecule has 3 fully saturated rings. The molecule has 1 spiro atoms. The predicted octanol–water partition coefficient (Wildman–Crippen LogP) is 3.48. The highest BCUT2D eigenvalue weighted by atomic mass is 16.6. The Morgan fingerprint density at radius 1 is 1.16 bits per heavy atom. The minimum Gasteiger partial charge on any atom is -0.481 e. The quantitative estimate of drug-likeness (QED) is 0.195. The summed E-state index contributed by atoms with van der Waals surface area (Å²) in [5, 5.41) is 12.1. The third-order valence-electron chi connectivity index (χ3n) is 7.16. The Hall–Kier alpha value is -2.49. The summed E-state index contributed by atoms with van der Waals surface area (Å²) in [5.74, 6) is -1.23. The lowest BCUT2D eigenvalue weighted by Gasteiger charge is -2.39. The molecule has 0 bridgehead atoms. The van der Waals surface area contributed by atoms with Crippen LogP contribution in [0.2, 0.25) is 0 Å². The summed E-state index contributed by atoms with van der Waals surface area (Å²) in [5.41, 5.74) is 0.870. The number of carboxylic acid groups (broad SMARTS) is 1. The second-order valence-corrected chi connectivity index (χ2v) is 10.7. The first-order valence-electron chi connectivity index (χ1n) is 13.1. The van der Waals surface area contributed by atoms with Crippen LogP contribution in [0.3, 0.4) is 0 Å². The Bertz CT molecular complexity index is 921. The fourth-order valence-electron chi connectivity index (χ4n) is 5.07. The van der Waals surface area contributed by atoms with Crippen molar-refractivity contribution in [3.05, 3.63) is 36.0 Å². The number of allylic oxidation sites excluding steroid dienone is 2. The average Bonchev–Trinajstić information content (AvgIpc) is 3.54. The van der Waals surface area contributed by atoms with Crippen LogP contribution < -0.4 is 5.32 Å². The zero-order chi connectivity index (χ0) is 27.2. The fraction of sp³-hybridized carbons (Fsp3) is 0.679. The number of carboxylic acids is 1. The van der Waals surface area contributed by atoms with Gasteiger partial charge >= 0.3 is 11.9 Å². The summed E-state index contributed by atoms with van der Waals surface area (Å²) in [6.07, 6.45) is 11.0. The first-order chi connectivity index (χ1) is 17.4. The molecule has 0 radical (unpaired) electrons. The van der Waals surface area contributed by atoms with E-state index in [1.54, 1.807) is 13.0 Å². The van der Waals surface area contributed by atoms with Gasteiger partial charge in [-0.3, -0.25) is 14.4 Å². The molecule has 8 atom stereocenters. The van der Waals surface area contributed by atoms with Gasteiger partial charge in [-0.2, -0.15) is 0 Å². The van der Waals surface area contributed by atoms with Crippen molar-refractivity contribution >= 4 is 17.8 Å². The number of aliphatic carboxylic acids is 1. The Morgan fingerprint density at radius 3 is 2.54 bits per heavy atom. The van der Waals surface area contributed by atoms with Gasteiger partial charge in [0.05, 0.1) is 49.1 Å². The summed E-state index contributed by atoms with van der Waals surface area (Å²) in [7, 11) is 0. The van der Waals surface area contributed by atoms with Crippen LogP contribution >= 0.6 is 0 Å². The highest BCUT2D eigenvalue weighted by molar-refractivity contribution is 5.87. The molecule has 37 heavy (non-hydrogen) atoms. The van der Waals surface area contributed by atoms with Gasteiger partial charge in [0.2, 0.25) is 5.91 Å². The maximum absolute atomic E-state index is 12.3. The van der Waals surface area contributed by atoms with Crippen LogP contribution in [0.25, 0.3) is 0 Å². The van der Waals surface area contributed by atoms with Crippen molar-refractivity contribution in [1.82, 2.24) is 5.32 Å². The lowest BCUT2D eigenvalue weighted by Crippen LogP contribution is -2.50. The van der Waals surface area contributed by atoms with Gasteiger partial charge in [-0.05, 0) is 45.6 Å². The fourth-order valence-corrected chi connectivity index (χ4v) is 5.07. The van der Waals surface area contributed by atoms with E-state index in [0.717, 1.165) is 24.8 Å². The number of ether oxygens (including phenoxy) is 4. The highest BCUT2D eigenvalue weighted by Gasteiger charge is 2.51. The van der Waals surface area contributed by atoms with E-state index in [4.69, 9.17) is 24.1 Å². The average molecular weight is 520 g/mol. The molecule has 3 rings (SSSR count). The van der Waals surface area contributed by atoms with E-state index in [1.807, 2.05) is 26.0 Å². The maximum atomic E-state index is 12.3. The first kappa shape index (κ1) is 29.1. The van der Waals surface area contributed by atoms with Crippen molar-refractivity contribution < 1.29 is 38.4 Å². The largest absolute Gasteiger partial charge is 0.481 e. The molecule has 0 aromatic carbocycles. The Balaban J connectivity index is 1.46. The van der Waals surface area contributed by atoms with E-state index in [2.05, 4.69) is 18.3 Å². The smallest absolute Gasteiger partial charge is 0.305 e. The van der Waals surface area contributed by atoms with Crippen molar-refractivity contribution in [2.45, 2.75) is 109 Å². The van der Waals surface area contributed by atoms with Crippen molar-refractivity contribution in [3.63, 3.8) is 0 Å². The standard InChI is InChI=1S/C28H41NO8/c1-17(6-9-22-14-28(16-34-28)15-23(37-22)13-27(32)33)7-10-25-18(2)12-24(20(4)36-25)29-26(31)11-8-19(3)35-21(5)30/h6-9,11,18-20,22-25H,10,12-16H2,1-5H3,(H,29,31)(H,32,33)/b9-6+,11-8-,17-7+/t18?,19-,20+,22+,23+,24?,25-,28+/m0/s1. The van der Waals surface area contributed by atoms with Gasteiger partial charge in [0.25, 0.3) is 0 Å². The van der Waals surface area contributed by atoms with Gasteiger partial charge in [-0.15, -0.1) is 0 Å². The Morgan fingerprint density at radius 2 is 1.89 bits per heavy atom. The zero-order valence-corrected chi connectivity index (χ0v) is 22.5. The van der Waals surface area contributed by atoms with Gasteiger partial charge < -0.3 is 29.4 Å². The van der Waals surface area contributed by atoms with Crippen LogP contribution in [0.4, 0.5) is 0 Å². The Labute approximate surface area is 219 Å². The first-order valence-corrected chi connectivity index (χ1v) is 13.1. The lowest BCUT2D eigenvalue weighted by molar-refractivity contribution is -0.144. The summed E-state index contributed by atoms with van der Waals surface area (Å²) < 4.78 is 22.8. The number of epoxide rings is 1. The SMILES string of the molecule is CC(=O)O[C@@H](C)/C=C\C(=O)NC1CC(C)[C@H](C/C=C(C)/C=C/[C@@H]2C[C@]3(CO3)C[C@@H](CC(=O)O)O2)O[C@@H]1C. The molecule has 2 N–H and O–H groups in total. The van der Waals surface area contributed by atoms with Crippen LogP contribution in [0.5, 0.6) is 0 Å². The molecule has 2 unspecified atom stereocenters. The van der Waals surface area contributed by atoms with E-state index in [-0.39, 0.29) is 60.3 Å². The normalized spacial score (nSPS) is 35.0. The maximum Gasteiger partial charge on any atom is 0.305 e. The zero-order valence-electron chi connectivity index (χ0n) is 22.5. The molecule has 3 aliphatic rings. The number of hydrogen-bond donors (Lipinski definition) is 2. The minimum atomic E-state index is -0.857. The van der Waals surface area contributed by atoms with Crippen LogP contribution in [0.1, 0.15) is 66.7 Å². The van der Waals surface area contributed by atoms with E-state index < -0.39 is 12.1 Å². The van der Waals surface area contributed by atoms with Gasteiger partial charge in [-0.1, -0.05) is 30.7 Å². The molecular formula is C28H41NO8. The minimum absolute atomic E-state index is 0.00942.